The third-order valence-corrected chi connectivity index (χ3v) is 5.31. The molecular formula is C12H19N5O2S2. The largest absolute Gasteiger partial charge is 0.312 e. The summed E-state index contributed by atoms with van der Waals surface area (Å²) in [5.74, 6) is 0.660. The molecule has 0 amide bonds. The second-order valence-electron chi connectivity index (χ2n) is 4.51. The minimum atomic E-state index is -3.45. The molecule has 0 radical (unpaired) electrons. The van der Waals surface area contributed by atoms with Crippen LogP contribution in [0.15, 0.2) is 22.7 Å². The van der Waals surface area contributed by atoms with Gasteiger partial charge in [-0.3, -0.25) is 5.10 Å². The van der Waals surface area contributed by atoms with Crippen LogP contribution in [0.2, 0.25) is 0 Å². The number of H-pyrrole nitrogens is 1. The van der Waals surface area contributed by atoms with E-state index in [2.05, 4.69) is 32.1 Å². The van der Waals surface area contributed by atoms with Gasteiger partial charge in [0.05, 0.1) is 4.90 Å². The van der Waals surface area contributed by atoms with Gasteiger partial charge in [-0.25, -0.2) is 18.1 Å². The number of sulfonamides is 1. The molecular weight excluding hydrogens is 310 g/mol. The summed E-state index contributed by atoms with van der Waals surface area (Å²) < 4.78 is 26.8. The SMILES string of the molecule is CCCNCc1cc(S(=O)(=O)NCCc2ncn[nH]2)cs1. The minimum Gasteiger partial charge on any atom is -0.312 e. The van der Waals surface area contributed by atoms with Gasteiger partial charge in [0.25, 0.3) is 0 Å². The van der Waals surface area contributed by atoms with Gasteiger partial charge < -0.3 is 5.32 Å². The van der Waals surface area contributed by atoms with Crippen molar-refractivity contribution in [2.45, 2.75) is 31.2 Å². The van der Waals surface area contributed by atoms with Crippen LogP contribution in [0.4, 0.5) is 0 Å². The van der Waals surface area contributed by atoms with Crippen molar-refractivity contribution in [3.8, 4) is 0 Å². The van der Waals surface area contributed by atoms with Gasteiger partial charge in [0.15, 0.2) is 0 Å². The third-order valence-electron chi connectivity index (χ3n) is 2.78. The normalized spacial score (nSPS) is 11.9. The van der Waals surface area contributed by atoms with Crippen LogP contribution in [0.3, 0.4) is 0 Å². The van der Waals surface area contributed by atoms with Gasteiger partial charge in [0.1, 0.15) is 12.2 Å². The number of aromatic nitrogens is 3. The fourth-order valence-corrected chi connectivity index (χ4v) is 4.00. The molecule has 0 aliphatic rings. The van der Waals surface area contributed by atoms with Crippen molar-refractivity contribution >= 4 is 21.4 Å². The Kier molecular flexibility index (Phi) is 5.85. The first-order valence-electron chi connectivity index (χ1n) is 6.74. The van der Waals surface area contributed by atoms with Crippen LogP contribution in [-0.2, 0) is 23.0 Å². The molecule has 21 heavy (non-hydrogen) atoms. The van der Waals surface area contributed by atoms with E-state index in [0.29, 0.717) is 23.7 Å². The van der Waals surface area contributed by atoms with Crippen LogP contribution in [0.5, 0.6) is 0 Å². The van der Waals surface area contributed by atoms with E-state index in [0.717, 1.165) is 17.8 Å². The Balaban J connectivity index is 1.86. The summed E-state index contributed by atoms with van der Waals surface area (Å²) in [5, 5.41) is 11.3. The molecule has 9 heteroatoms. The molecule has 0 aromatic carbocycles. The lowest BCUT2D eigenvalue weighted by Gasteiger charge is -2.03. The number of rotatable bonds is 9. The van der Waals surface area contributed by atoms with Crippen molar-refractivity contribution in [3.63, 3.8) is 0 Å². The maximum Gasteiger partial charge on any atom is 0.241 e. The van der Waals surface area contributed by atoms with Gasteiger partial charge in [-0.05, 0) is 19.0 Å². The average Bonchev–Trinajstić information content (AvgIpc) is 3.10. The van der Waals surface area contributed by atoms with Gasteiger partial charge in [0, 0.05) is 29.8 Å². The zero-order valence-electron chi connectivity index (χ0n) is 11.8. The third kappa shape index (κ3) is 4.88. The number of nitrogens with one attached hydrogen (secondary N) is 3. The molecule has 2 rings (SSSR count). The predicted octanol–water partition coefficient (Wildman–Crippen LogP) is 0.887. The Bertz CT molecular complexity index is 636. The Hall–Kier alpha value is -1.29. The number of thiophene rings is 1. The van der Waals surface area contributed by atoms with E-state index in [4.69, 9.17) is 0 Å². The Morgan fingerprint density at radius 3 is 2.95 bits per heavy atom. The molecule has 0 spiro atoms. The van der Waals surface area contributed by atoms with Crippen LogP contribution in [0, 0.1) is 0 Å². The first-order valence-corrected chi connectivity index (χ1v) is 9.10. The highest BCUT2D eigenvalue weighted by atomic mass is 32.2. The summed E-state index contributed by atoms with van der Waals surface area (Å²) in [5.41, 5.74) is 0. The summed E-state index contributed by atoms with van der Waals surface area (Å²) in [6, 6.07) is 1.71. The van der Waals surface area contributed by atoms with Gasteiger partial charge in [-0.15, -0.1) is 11.3 Å². The molecule has 3 N–H and O–H groups in total. The molecule has 116 valence electrons. The van der Waals surface area contributed by atoms with E-state index < -0.39 is 10.0 Å². The fraction of sp³-hybridized carbons (Fsp3) is 0.500. The highest BCUT2D eigenvalue weighted by molar-refractivity contribution is 7.89. The highest BCUT2D eigenvalue weighted by Gasteiger charge is 2.15. The topological polar surface area (TPSA) is 99.8 Å². The summed E-state index contributed by atoms with van der Waals surface area (Å²) in [6.07, 6.45) is 2.94. The van der Waals surface area contributed by atoms with Crippen molar-refractivity contribution in [3.05, 3.63) is 28.5 Å². The second kappa shape index (κ2) is 7.64. The van der Waals surface area contributed by atoms with Gasteiger partial charge in [0.2, 0.25) is 10.0 Å². The standard InChI is InChI=1S/C12H19N5O2S2/c1-2-4-13-7-10-6-11(8-20-10)21(18,19)16-5-3-12-14-9-15-17-12/h6,8-9,13,16H,2-5,7H2,1H3,(H,14,15,17). The highest BCUT2D eigenvalue weighted by Crippen LogP contribution is 2.19. The second-order valence-corrected chi connectivity index (χ2v) is 7.27. The summed E-state index contributed by atoms with van der Waals surface area (Å²) in [4.78, 5) is 5.28. The molecule has 0 aliphatic carbocycles. The lowest BCUT2D eigenvalue weighted by Crippen LogP contribution is -2.26. The Labute approximate surface area is 128 Å². The van der Waals surface area contributed by atoms with Gasteiger partial charge >= 0.3 is 0 Å². The van der Waals surface area contributed by atoms with Crippen LogP contribution in [0.25, 0.3) is 0 Å². The van der Waals surface area contributed by atoms with E-state index in [-0.39, 0.29) is 6.54 Å². The predicted molar refractivity (Wildman–Crippen MR) is 81.6 cm³/mol. The lowest BCUT2D eigenvalue weighted by atomic mass is 10.4. The number of hydrogen-bond donors (Lipinski definition) is 3. The van der Waals surface area contributed by atoms with Crippen molar-refractivity contribution in [2.24, 2.45) is 0 Å². The quantitative estimate of drug-likeness (QED) is 0.593. The first kappa shape index (κ1) is 16.1. The smallest absolute Gasteiger partial charge is 0.241 e. The van der Waals surface area contributed by atoms with Crippen LogP contribution >= 0.6 is 11.3 Å². The summed E-state index contributed by atoms with van der Waals surface area (Å²) in [7, 11) is -3.45. The van der Waals surface area contributed by atoms with Crippen molar-refractivity contribution in [2.75, 3.05) is 13.1 Å². The lowest BCUT2D eigenvalue weighted by molar-refractivity contribution is 0.581. The monoisotopic (exact) mass is 329 g/mol. The summed E-state index contributed by atoms with van der Waals surface area (Å²) >= 11 is 1.45. The number of aromatic amines is 1. The fourth-order valence-electron chi connectivity index (χ4n) is 1.72. The zero-order valence-corrected chi connectivity index (χ0v) is 13.4. The molecule has 0 unspecified atom stereocenters. The maximum absolute atomic E-state index is 12.1. The molecule has 0 atom stereocenters. The summed E-state index contributed by atoms with van der Waals surface area (Å²) in [6.45, 7) is 4.01. The Morgan fingerprint density at radius 2 is 2.24 bits per heavy atom. The first-order chi connectivity index (χ1) is 10.1. The van der Waals surface area contributed by atoms with Crippen molar-refractivity contribution in [1.82, 2.24) is 25.2 Å². The van der Waals surface area contributed by atoms with Crippen LogP contribution in [0.1, 0.15) is 24.0 Å². The Morgan fingerprint density at radius 1 is 1.38 bits per heavy atom. The molecule has 2 aromatic rings. The molecule has 2 aromatic heterocycles. The molecule has 0 aliphatic heterocycles. The molecule has 0 fully saturated rings. The van der Waals surface area contributed by atoms with Crippen LogP contribution < -0.4 is 10.0 Å². The van der Waals surface area contributed by atoms with E-state index in [1.165, 1.54) is 17.7 Å². The molecule has 2 heterocycles. The maximum atomic E-state index is 12.1. The van der Waals surface area contributed by atoms with E-state index >= 15 is 0 Å². The molecule has 0 bridgehead atoms. The van der Waals surface area contributed by atoms with Gasteiger partial charge in [-0.1, -0.05) is 6.92 Å². The number of hydrogen-bond acceptors (Lipinski definition) is 6. The molecule has 7 nitrogen and oxygen atoms in total. The molecule has 0 saturated carbocycles. The zero-order chi connectivity index (χ0) is 15.1. The van der Waals surface area contributed by atoms with E-state index in [9.17, 15) is 8.42 Å². The molecule has 0 saturated heterocycles. The van der Waals surface area contributed by atoms with Gasteiger partial charge in [-0.2, -0.15) is 5.10 Å². The number of nitrogens with zero attached hydrogens (tertiary/aromatic N) is 2. The van der Waals surface area contributed by atoms with E-state index in [1.54, 1.807) is 11.4 Å². The van der Waals surface area contributed by atoms with Crippen LogP contribution in [-0.4, -0.2) is 36.7 Å². The average molecular weight is 329 g/mol. The minimum absolute atomic E-state index is 0.288. The van der Waals surface area contributed by atoms with E-state index in [1.807, 2.05) is 0 Å². The van der Waals surface area contributed by atoms with Crippen molar-refractivity contribution in [1.29, 1.82) is 0 Å². The van der Waals surface area contributed by atoms with Crippen molar-refractivity contribution < 1.29 is 8.42 Å².